The van der Waals surface area contributed by atoms with Crippen LogP contribution in [0, 0.1) is 0 Å². The van der Waals surface area contributed by atoms with Crippen LogP contribution in [0.25, 0.3) is 11.4 Å². The number of aromatic nitrogens is 4. The quantitative estimate of drug-likeness (QED) is 0.670. The van der Waals surface area contributed by atoms with Crippen molar-refractivity contribution in [1.82, 2.24) is 20.3 Å². The molecule has 14 heavy (non-hydrogen) atoms. The van der Waals surface area contributed by atoms with E-state index in [9.17, 15) is 0 Å². The van der Waals surface area contributed by atoms with Gasteiger partial charge in [-0.2, -0.15) is 0 Å². The van der Waals surface area contributed by atoms with Crippen molar-refractivity contribution in [2.75, 3.05) is 0 Å². The summed E-state index contributed by atoms with van der Waals surface area (Å²) in [6, 6.07) is 0. The van der Waals surface area contributed by atoms with Gasteiger partial charge in [0.1, 0.15) is 0 Å². The van der Waals surface area contributed by atoms with E-state index >= 15 is 0 Å². The summed E-state index contributed by atoms with van der Waals surface area (Å²) >= 11 is 0. The van der Waals surface area contributed by atoms with Gasteiger partial charge in [-0.3, -0.25) is 0 Å². The summed E-state index contributed by atoms with van der Waals surface area (Å²) in [7, 11) is 0. The zero-order chi connectivity index (χ0) is 9.38. The molecule has 0 saturated heterocycles. The van der Waals surface area contributed by atoms with E-state index in [0.717, 1.165) is 5.69 Å². The minimum atomic E-state index is 0.198. The van der Waals surface area contributed by atoms with Crippen LogP contribution in [0.3, 0.4) is 0 Å². The van der Waals surface area contributed by atoms with Crippen LogP contribution in [0.4, 0.5) is 0 Å². The molecule has 5 nitrogen and oxygen atoms in total. The molecule has 2 aromatic rings. The monoisotopic (exact) mass is 186 g/mol. The molecule has 3 rings (SSSR count). The molecule has 68 valence electrons. The van der Waals surface area contributed by atoms with Crippen molar-refractivity contribution in [3.63, 3.8) is 0 Å². The average Bonchev–Trinajstić information content (AvgIpc) is 2.88. The van der Waals surface area contributed by atoms with Crippen LogP contribution in [-0.2, 0) is 0 Å². The highest BCUT2D eigenvalue weighted by Gasteiger charge is 2.11. The van der Waals surface area contributed by atoms with Crippen LogP contribution in [0.15, 0.2) is 35.0 Å². The molecule has 0 aliphatic heterocycles. The van der Waals surface area contributed by atoms with Crippen LogP contribution in [0.2, 0.25) is 0 Å². The fourth-order valence-corrected chi connectivity index (χ4v) is 1.40. The van der Waals surface area contributed by atoms with E-state index in [1.165, 1.54) is 0 Å². The lowest BCUT2D eigenvalue weighted by molar-refractivity contribution is 0.417. The lowest BCUT2D eigenvalue weighted by Crippen LogP contribution is -1.95. The third-order valence-electron chi connectivity index (χ3n) is 2.09. The third-order valence-corrected chi connectivity index (χ3v) is 2.09. The molecule has 1 aliphatic carbocycles. The summed E-state index contributed by atoms with van der Waals surface area (Å²) in [6.07, 6.45) is 9.74. The van der Waals surface area contributed by atoms with Crippen molar-refractivity contribution >= 4 is 11.4 Å². The highest BCUT2D eigenvalue weighted by atomic mass is 16.5. The Hall–Kier alpha value is -2.04. The fourth-order valence-electron chi connectivity index (χ4n) is 1.40. The standard InChI is InChI=1S/C9H6N4O/c1-2-4-6(3-1)7-5-10-9-8(11-7)12-13-14-9/h1-6H. The van der Waals surface area contributed by atoms with E-state index in [0.29, 0.717) is 11.4 Å². The van der Waals surface area contributed by atoms with Gasteiger partial charge in [0.15, 0.2) is 0 Å². The van der Waals surface area contributed by atoms with E-state index in [4.69, 9.17) is 4.52 Å². The topological polar surface area (TPSA) is 64.7 Å². The zero-order valence-corrected chi connectivity index (χ0v) is 7.16. The highest BCUT2D eigenvalue weighted by molar-refractivity contribution is 5.60. The molecule has 0 spiro atoms. The van der Waals surface area contributed by atoms with Gasteiger partial charge in [0.2, 0.25) is 5.65 Å². The van der Waals surface area contributed by atoms with Crippen molar-refractivity contribution in [2.24, 2.45) is 0 Å². The number of nitrogens with zero attached hydrogens (tertiary/aromatic N) is 4. The van der Waals surface area contributed by atoms with Gasteiger partial charge in [-0.25, -0.2) is 9.97 Å². The maximum atomic E-state index is 4.76. The first-order chi connectivity index (χ1) is 6.93. The zero-order valence-electron chi connectivity index (χ0n) is 7.16. The molecule has 0 fully saturated rings. The third kappa shape index (κ3) is 1.02. The van der Waals surface area contributed by atoms with Crippen molar-refractivity contribution in [2.45, 2.75) is 5.92 Å². The molecule has 0 bridgehead atoms. The minimum absolute atomic E-state index is 0.198. The lowest BCUT2D eigenvalue weighted by Gasteiger charge is -2.01. The van der Waals surface area contributed by atoms with E-state index in [1.54, 1.807) is 6.20 Å². The lowest BCUT2D eigenvalue weighted by atomic mass is 10.1. The number of hydrogen-bond donors (Lipinski definition) is 0. The van der Waals surface area contributed by atoms with Crippen molar-refractivity contribution < 1.29 is 4.52 Å². The summed E-state index contributed by atoms with van der Waals surface area (Å²) in [5, 5.41) is 7.10. The molecule has 0 aromatic carbocycles. The molecular formula is C9H6N4O. The van der Waals surface area contributed by atoms with E-state index < -0.39 is 0 Å². The molecule has 2 heterocycles. The maximum Gasteiger partial charge on any atom is 0.297 e. The molecule has 0 amide bonds. The molecule has 0 saturated carbocycles. The predicted molar refractivity (Wildman–Crippen MR) is 48.4 cm³/mol. The van der Waals surface area contributed by atoms with Gasteiger partial charge < -0.3 is 4.52 Å². The van der Waals surface area contributed by atoms with E-state index in [-0.39, 0.29) is 5.92 Å². The van der Waals surface area contributed by atoms with Gasteiger partial charge >= 0.3 is 0 Å². The first kappa shape index (κ1) is 7.37. The summed E-state index contributed by atoms with van der Waals surface area (Å²) < 4.78 is 4.76. The van der Waals surface area contributed by atoms with Gasteiger partial charge in [0.05, 0.1) is 11.9 Å². The molecule has 2 aromatic heterocycles. The Balaban J connectivity index is 2.13. The number of hydrogen-bond acceptors (Lipinski definition) is 5. The van der Waals surface area contributed by atoms with E-state index in [1.807, 2.05) is 24.3 Å². The average molecular weight is 186 g/mol. The Morgan fingerprint density at radius 2 is 2.07 bits per heavy atom. The first-order valence-corrected chi connectivity index (χ1v) is 4.23. The van der Waals surface area contributed by atoms with E-state index in [2.05, 4.69) is 20.3 Å². The predicted octanol–water partition coefficient (Wildman–Crippen LogP) is 1.22. The summed E-state index contributed by atoms with van der Waals surface area (Å²) in [6.45, 7) is 0. The molecule has 0 atom stereocenters. The molecular weight excluding hydrogens is 180 g/mol. The molecule has 0 N–H and O–H groups in total. The summed E-state index contributed by atoms with van der Waals surface area (Å²) in [4.78, 5) is 8.35. The number of allylic oxidation sites excluding steroid dienone is 4. The van der Waals surface area contributed by atoms with Crippen molar-refractivity contribution in [3.05, 3.63) is 36.2 Å². The Kier molecular flexibility index (Phi) is 1.44. The fraction of sp³-hybridized carbons (Fsp3) is 0.111. The largest absolute Gasteiger partial charge is 0.314 e. The van der Waals surface area contributed by atoms with Crippen LogP contribution >= 0.6 is 0 Å². The second kappa shape index (κ2) is 2.73. The van der Waals surface area contributed by atoms with Crippen LogP contribution < -0.4 is 0 Å². The van der Waals surface area contributed by atoms with Gasteiger partial charge in [-0.1, -0.05) is 29.4 Å². The Bertz CT molecular complexity index is 516. The second-order valence-corrected chi connectivity index (χ2v) is 2.99. The van der Waals surface area contributed by atoms with Crippen LogP contribution in [0.1, 0.15) is 11.6 Å². The Morgan fingerprint density at radius 3 is 2.93 bits per heavy atom. The SMILES string of the molecule is C1=CC(c2cnc3onnc3n2)C=C1. The van der Waals surface area contributed by atoms with Gasteiger partial charge in [0, 0.05) is 11.2 Å². The molecule has 0 unspecified atom stereocenters. The van der Waals surface area contributed by atoms with Gasteiger partial charge in [-0.05, 0) is 0 Å². The Labute approximate surface area is 79.1 Å². The van der Waals surface area contributed by atoms with Crippen LogP contribution in [0.5, 0.6) is 0 Å². The number of fused-ring (bicyclic) bond motifs is 1. The molecule has 0 radical (unpaired) electrons. The normalized spacial score (nSPS) is 15.7. The first-order valence-electron chi connectivity index (χ1n) is 4.23. The molecule has 5 heteroatoms. The van der Waals surface area contributed by atoms with Crippen molar-refractivity contribution in [3.8, 4) is 0 Å². The van der Waals surface area contributed by atoms with Gasteiger partial charge in [0.25, 0.3) is 5.71 Å². The number of rotatable bonds is 1. The van der Waals surface area contributed by atoms with Crippen molar-refractivity contribution in [1.29, 1.82) is 0 Å². The minimum Gasteiger partial charge on any atom is -0.314 e. The summed E-state index contributed by atoms with van der Waals surface area (Å²) in [5.41, 5.74) is 1.69. The maximum absolute atomic E-state index is 4.76. The second-order valence-electron chi connectivity index (χ2n) is 2.99. The molecule has 1 aliphatic rings. The smallest absolute Gasteiger partial charge is 0.297 e. The highest BCUT2D eigenvalue weighted by Crippen LogP contribution is 2.21. The summed E-state index contributed by atoms with van der Waals surface area (Å²) in [5.74, 6) is 0.198. The Morgan fingerprint density at radius 1 is 1.21 bits per heavy atom. The van der Waals surface area contributed by atoms with Crippen LogP contribution in [-0.4, -0.2) is 20.3 Å². The van der Waals surface area contributed by atoms with Gasteiger partial charge in [-0.15, -0.1) is 0 Å².